The van der Waals surface area contributed by atoms with Crippen molar-refractivity contribution in [3.05, 3.63) is 50.7 Å². The van der Waals surface area contributed by atoms with Gasteiger partial charge in [-0.15, -0.1) is 11.3 Å². The second kappa shape index (κ2) is 8.72. The highest BCUT2D eigenvalue weighted by Crippen LogP contribution is 2.24. The minimum Gasteiger partial charge on any atom is -0.489 e. The highest BCUT2D eigenvalue weighted by Gasteiger charge is 2.17. The molecule has 25 heavy (non-hydrogen) atoms. The Hall–Kier alpha value is -1.52. The van der Waals surface area contributed by atoms with Crippen molar-refractivity contribution in [1.82, 2.24) is 5.32 Å². The van der Waals surface area contributed by atoms with Crippen LogP contribution in [0.2, 0.25) is 5.02 Å². The third-order valence-electron chi connectivity index (χ3n) is 4.60. The van der Waals surface area contributed by atoms with Gasteiger partial charge >= 0.3 is 0 Å². The second-order valence-corrected chi connectivity index (χ2v) is 8.03. The molecular formula is C20H24ClNO2S. The van der Waals surface area contributed by atoms with Crippen molar-refractivity contribution < 1.29 is 9.53 Å². The first-order chi connectivity index (χ1) is 12.1. The van der Waals surface area contributed by atoms with E-state index in [9.17, 15) is 4.79 Å². The molecule has 1 aliphatic rings. The van der Waals surface area contributed by atoms with Gasteiger partial charge in [-0.05, 0) is 55.0 Å². The molecule has 1 heterocycles. The average Bonchev–Trinajstić information content (AvgIpc) is 2.92. The number of amides is 1. The van der Waals surface area contributed by atoms with Crippen LogP contribution < -0.4 is 10.1 Å². The molecule has 0 radical (unpaired) electrons. The number of rotatable bonds is 5. The molecule has 134 valence electrons. The van der Waals surface area contributed by atoms with Gasteiger partial charge in [0.15, 0.2) is 0 Å². The maximum Gasteiger partial charge on any atom is 0.261 e. The van der Waals surface area contributed by atoms with Crippen LogP contribution in [0.3, 0.4) is 0 Å². The summed E-state index contributed by atoms with van der Waals surface area (Å²) in [7, 11) is 0. The number of halogens is 1. The van der Waals surface area contributed by atoms with Gasteiger partial charge in [0.1, 0.15) is 12.4 Å². The molecule has 1 aromatic carbocycles. The van der Waals surface area contributed by atoms with Gasteiger partial charge in [-0.3, -0.25) is 4.79 Å². The van der Waals surface area contributed by atoms with Crippen molar-refractivity contribution in [2.75, 3.05) is 0 Å². The van der Waals surface area contributed by atoms with Crippen molar-refractivity contribution in [2.24, 2.45) is 0 Å². The lowest BCUT2D eigenvalue weighted by Gasteiger charge is -2.15. The largest absolute Gasteiger partial charge is 0.489 e. The van der Waals surface area contributed by atoms with E-state index in [2.05, 4.69) is 5.32 Å². The highest BCUT2D eigenvalue weighted by atomic mass is 35.5. The molecule has 1 fully saturated rings. The SMILES string of the molecule is Cc1cc(Cl)ccc1OCc1csc(C(=O)NC2CCCCCC2)c1. The number of carbonyl (C=O) groups is 1. The number of ether oxygens (including phenoxy) is 1. The molecule has 1 amide bonds. The van der Waals surface area contributed by atoms with Crippen LogP contribution in [-0.4, -0.2) is 11.9 Å². The normalized spacial score (nSPS) is 15.6. The first-order valence-corrected chi connectivity index (χ1v) is 10.1. The topological polar surface area (TPSA) is 38.3 Å². The summed E-state index contributed by atoms with van der Waals surface area (Å²) in [5.74, 6) is 0.867. The van der Waals surface area contributed by atoms with E-state index in [0.717, 1.165) is 34.6 Å². The molecular weight excluding hydrogens is 354 g/mol. The summed E-state index contributed by atoms with van der Waals surface area (Å²) in [6, 6.07) is 7.85. The Balaban J connectivity index is 1.55. The van der Waals surface area contributed by atoms with Gasteiger partial charge in [-0.25, -0.2) is 0 Å². The zero-order valence-corrected chi connectivity index (χ0v) is 16.1. The van der Waals surface area contributed by atoms with Gasteiger partial charge in [-0.1, -0.05) is 37.3 Å². The molecule has 0 aliphatic heterocycles. The molecule has 0 atom stereocenters. The fourth-order valence-electron chi connectivity index (χ4n) is 3.19. The number of benzene rings is 1. The van der Waals surface area contributed by atoms with Crippen LogP contribution in [0.15, 0.2) is 29.6 Å². The van der Waals surface area contributed by atoms with Gasteiger partial charge in [-0.2, -0.15) is 0 Å². The number of aryl methyl sites for hydroxylation is 1. The van der Waals surface area contributed by atoms with Gasteiger partial charge in [0.05, 0.1) is 4.88 Å². The van der Waals surface area contributed by atoms with E-state index < -0.39 is 0 Å². The van der Waals surface area contributed by atoms with E-state index >= 15 is 0 Å². The molecule has 0 saturated heterocycles. The number of thiophene rings is 1. The summed E-state index contributed by atoms with van der Waals surface area (Å²) in [5.41, 5.74) is 2.03. The standard InChI is InChI=1S/C20H24ClNO2S/c1-14-10-16(21)8-9-18(14)24-12-15-11-19(25-13-15)20(23)22-17-6-4-2-3-5-7-17/h8-11,13,17H,2-7,12H2,1H3,(H,22,23). The van der Waals surface area contributed by atoms with E-state index in [1.807, 2.05) is 36.6 Å². The fourth-order valence-corrected chi connectivity index (χ4v) is 4.21. The highest BCUT2D eigenvalue weighted by molar-refractivity contribution is 7.12. The van der Waals surface area contributed by atoms with Crippen LogP contribution in [0, 0.1) is 6.92 Å². The Morgan fingerprint density at radius 3 is 2.72 bits per heavy atom. The first-order valence-electron chi connectivity index (χ1n) is 8.89. The number of hydrogen-bond acceptors (Lipinski definition) is 3. The molecule has 0 unspecified atom stereocenters. The third kappa shape index (κ3) is 5.23. The van der Waals surface area contributed by atoms with E-state index in [-0.39, 0.29) is 5.91 Å². The van der Waals surface area contributed by atoms with Crippen LogP contribution in [0.4, 0.5) is 0 Å². The van der Waals surface area contributed by atoms with Crippen molar-refractivity contribution in [3.8, 4) is 5.75 Å². The van der Waals surface area contributed by atoms with Crippen LogP contribution in [0.25, 0.3) is 0 Å². The Labute approximate surface area is 158 Å². The lowest BCUT2D eigenvalue weighted by molar-refractivity contribution is 0.0937. The minimum absolute atomic E-state index is 0.0471. The summed E-state index contributed by atoms with van der Waals surface area (Å²) < 4.78 is 5.85. The Kier molecular flexibility index (Phi) is 6.38. The predicted octanol–water partition coefficient (Wildman–Crippen LogP) is 5.74. The van der Waals surface area contributed by atoms with Gasteiger partial charge < -0.3 is 10.1 Å². The smallest absolute Gasteiger partial charge is 0.261 e. The van der Waals surface area contributed by atoms with Gasteiger partial charge in [0, 0.05) is 16.6 Å². The van der Waals surface area contributed by atoms with Gasteiger partial charge in [0.25, 0.3) is 5.91 Å². The molecule has 1 aromatic heterocycles. The van der Waals surface area contributed by atoms with E-state index in [1.165, 1.54) is 37.0 Å². The number of nitrogens with one attached hydrogen (secondary N) is 1. The van der Waals surface area contributed by atoms with E-state index in [4.69, 9.17) is 16.3 Å². The average molecular weight is 378 g/mol. The van der Waals surface area contributed by atoms with Crippen LogP contribution in [0.5, 0.6) is 5.75 Å². The van der Waals surface area contributed by atoms with Crippen molar-refractivity contribution in [2.45, 2.75) is 58.1 Å². The maximum absolute atomic E-state index is 12.4. The lowest BCUT2D eigenvalue weighted by atomic mass is 10.1. The lowest BCUT2D eigenvalue weighted by Crippen LogP contribution is -2.33. The van der Waals surface area contributed by atoms with E-state index in [0.29, 0.717) is 17.7 Å². The molecule has 1 saturated carbocycles. The quantitative estimate of drug-likeness (QED) is 0.674. The second-order valence-electron chi connectivity index (χ2n) is 6.68. The maximum atomic E-state index is 12.4. The van der Waals surface area contributed by atoms with Crippen molar-refractivity contribution in [1.29, 1.82) is 0 Å². The number of carbonyl (C=O) groups excluding carboxylic acids is 1. The molecule has 3 nitrogen and oxygen atoms in total. The third-order valence-corrected chi connectivity index (χ3v) is 5.81. The first kappa shape index (κ1) is 18.3. The van der Waals surface area contributed by atoms with Crippen LogP contribution in [0.1, 0.15) is 59.3 Å². The Morgan fingerprint density at radius 2 is 2.00 bits per heavy atom. The summed E-state index contributed by atoms with van der Waals surface area (Å²) in [6.07, 6.45) is 7.21. The monoisotopic (exact) mass is 377 g/mol. The van der Waals surface area contributed by atoms with E-state index in [1.54, 1.807) is 0 Å². The molecule has 5 heteroatoms. The van der Waals surface area contributed by atoms with Crippen molar-refractivity contribution in [3.63, 3.8) is 0 Å². The molecule has 1 N–H and O–H groups in total. The van der Waals surface area contributed by atoms with Crippen molar-refractivity contribution >= 4 is 28.8 Å². The molecule has 1 aliphatic carbocycles. The summed E-state index contributed by atoms with van der Waals surface area (Å²) in [4.78, 5) is 13.2. The van der Waals surface area contributed by atoms with Crippen LogP contribution in [-0.2, 0) is 6.61 Å². The minimum atomic E-state index is 0.0471. The molecule has 0 bridgehead atoms. The van der Waals surface area contributed by atoms with Gasteiger partial charge in [0.2, 0.25) is 0 Å². The fraction of sp³-hybridized carbons (Fsp3) is 0.450. The summed E-state index contributed by atoms with van der Waals surface area (Å²) in [5, 5.41) is 5.89. The summed E-state index contributed by atoms with van der Waals surface area (Å²) >= 11 is 7.44. The summed E-state index contributed by atoms with van der Waals surface area (Å²) in [6.45, 7) is 2.43. The molecule has 2 aromatic rings. The number of hydrogen-bond donors (Lipinski definition) is 1. The zero-order chi connectivity index (χ0) is 17.6. The molecule has 0 spiro atoms. The van der Waals surface area contributed by atoms with Crippen LogP contribution >= 0.6 is 22.9 Å². The molecule has 3 rings (SSSR count). The predicted molar refractivity (Wildman–Crippen MR) is 104 cm³/mol. The zero-order valence-electron chi connectivity index (χ0n) is 14.5. The Bertz CT molecular complexity index is 720. The Morgan fingerprint density at radius 1 is 1.24 bits per heavy atom.